The fraction of sp³-hybridized carbons (Fsp3) is 0.818. The van der Waals surface area contributed by atoms with Crippen molar-refractivity contribution >= 4 is 18.2 Å². The van der Waals surface area contributed by atoms with E-state index in [1.54, 1.807) is 0 Å². The van der Waals surface area contributed by atoms with Gasteiger partial charge >= 0.3 is 0 Å². The number of aliphatic hydroxyl groups excluding tert-OH is 2. The molecule has 0 rings (SSSR count). The Morgan fingerprint density at radius 1 is 1.33 bits per heavy atom. The van der Waals surface area contributed by atoms with Crippen LogP contribution in [0.5, 0.6) is 0 Å². The van der Waals surface area contributed by atoms with Crippen molar-refractivity contribution in [2.45, 2.75) is 46.1 Å². The third kappa shape index (κ3) is 104. The predicted octanol–water partition coefficient (Wildman–Crippen LogP) is 1.90. The molecule has 0 aliphatic heterocycles. The molecule has 2 N–H and O–H groups in total. The molecule has 0 heterocycles. The molecule has 0 aromatic carbocycles. The predicted molar refractivity (Wildman–Crippen MR) is 79.7 cm³/mol. The summed E-state index contributed by atoms with van der Waals surface area (Å²) in [5.41, 5.74) is 0. The van der Waals surface area contributed by atoms with Crippen LogP contribution >= 0.6 is 0 Å². The van der Waals surface area contributed by atoms with Gasteiger partial charge in [0.25, 0.3) is 0 Å². The van der Waals surface area contributed by atoms with E-state index in [1.807, 2.05) is 26.2 Å². The Morgan fingerprint density at radius 2 is 1.61 bits per heavy atom. The van der Waals surface area contributed by atoms with Gasteiger partial charge in [-0.3, -0.25) is 0 Å². The maximum atomic E-state index is 8.37. The van der Waals surface area contributed by atoms with Crippen molar-refractivity contribution in [1.82, 2.24) is 0 Å². The zero-order valence-corrected chi connectivity index (χ0v) is 21.5. The third-order valence-electron chi connectivity index (χ3n) is 0.964. The summed E-state index contributed by atoms with van der Waals surface area (Å²) in [4.78, 5) is 0. The van der Waals surface area contributed by atoms with Gasteiger partial charge in [0.05, 0.1) is 6.61 Å². The molecule has 2 nitrogen and oxygen atoms in total. The molecule has 7 heteroatoms. The number of hydrogen-bond acceptors (Lipinski definition) is 2. The van der Waals surface area contributed by atoms with Crippen molar-refractivity contribution in [2.75, 3.05) is 13.2 Å². The van der Waals surface area contributed by atoms with E-state index in [0.29, 0.717) is 0 Å². The van der Waals surface area contributed by atoms with Crippen LogP contribution in [-0.4, -0.2) is 44.1 Å². The van der Waals surface area contributed by atoms with Crippen LogP contribution in [0.25, 0.3) is 0 Å². The molecule has 0 radical (unpaired) electrons. The van der Waals surface area contributed by atoms with Crippen LogP contribution in [0.4, 0.5) is 0 Å². The van der Waals surface area contributed by atoms with E-state index < -0.39 is 18.2 Å². The second-order valence-corrected chi connectivity index (χ2v) is 7.15. The average molecular weight is 817 g/mol. The molecule has 0 bridgehead atoms. The van der Waals surface area contributed by atoms with E-state index >= 15 is 0 Å². The molecular weight excluding hydrogens is 783 g/mol. The van der Waals surface area contributed by atoms with E-state index in [4.69, 9.17) is 12.7 Å². The minimum atomic E-state index is -1.59. The molecule has 118 valence electrons. The Balaban J connectivity index is -0.0000000249. The minimum absolute atomic E-state index is 0. The Kier molecular flexibility index (Phi) is 90.8. The van der Waals surface area contributed by atoms with Gasteiger partial charge in [-0.05, 0) is 6.42 Å². The zero-order valence-electron chi connectivity index (χ0n) is 13.2. The average Bonchev–Trinajstić information content (AvgIpc) is 2.13. The van der Waals surface area contributed by atoms with Gasteiger partial charge in [0, 0.05) is 90.5 Å². The standard InChI is InChI=1S/C5H14OSi.C3H6O.C2H8Si.CH4.Pt.2W/c1-7(2)5-3-4-6;1-2-3-4;1-3-2;;;;/h6-7H,3-5H2,1-2H3;2,4H,1,3H2;3H2,1-2H3;1H4;;;/i7D;;3D;;;;. The van der Waals surface area contributed by atoms with Crippen LogP contribution in [0.15, 0.2) is 12.7 Å². The minimum Gasteiger partial charge on any atom is -0.396 e. The van der Waals surface area contributed by atoms with Gasteiger partial charge in [-0.2, -0.15) is 0 Å². The van der Waals surface area contributed by atoms with E-state index in [2.05, 4.69) is 6.58 Å². The zero-order chi connectivity index (χ0) is 13.6. The van der Waals surface area contributed by atoms with Crippen molar-refractivity contribution in [3.8, 4) is 0 Å². The molecule has 0 atom stereocenters. The van der Waals surface area contributed by atoms with Crippen molar-refractivity contribution in [1.29, 1.82) is 2.47 Å². The number of rotatable bonds is 4. The Morgan fingerprint density at radius 3 is 1.67 bits per heavy atom. The summed E-state index contributed by atoms with van der Waals surface area (Å²) in [5, 5.41) is 16.1. The first-order valence-corrected chi connectivity index (χ1v) is 9.97. The van der Waals surface area contributed by atoms with Crippen LogP contribution in [0.3, 0.4) is 0 Å². The smallest absolute Gasteiger partial charge is 0.0609 e. The molecule has 18 heavy (non-hydrogen) atoms. The molecule has 0 fully saturated rings. The Labute approximate surface area is 164 Å². The van der Waals surface area contributed by atoms with Crippen LogP contribution in [0.2, 0.25) is 32.2 Å². The second kappa shape index (κ2) is 50.7. The van der Waals surface area contributed by atoms with Crippen LogP contribution in [0, 0.1) is 0 Å². The van der Waals surface area contributed by atoms with E-state index in [1.165, 1.54) is 6.08 Å². The van der Waals surface area contributed by atoms with Gasteiger partial charge in [-0.1, -0.05) is 45.7 Å². The van der Waals surface area contributed by atoms with Gasteiger partial charge in [0.2, 0.25) is 0 Å². The van der Waals surface area contributed by atoms with E-state index in [0.717, 1.165) is 12.5 Å². The topological polar surface area (TPSA) is 40.5 Å². The second-order valence-electron chi connectivity index (χ2n) is 3.08. The fourth-order valence-electron chi connectivity index (χ4n) is 0.433. The quantitative estimate of drug-likeness (QED) is 0.337. The fourth-order valence-corrected chi connectivity index (χ4v) is 1.30. The monoisotopic (exact) mass is 817 g/mol. The maximum absolute atomic E-state index is 8.37. The van der Waals surface area contributed by atoms with Gasteiger partial charge < -0.3 is 10.2 Å². The molecule has 0 spiro atoms. The largest absolute Gasteiger partial charge is 0.396 e. The molecule has 0 aromatic rings. The van der Waals surface area contributed by atoms with Crippen molar-refractivity contribution in [2.24, 2.45) is 0 Å². The SMILES string of the molecule is C.C=CCO.[2H][SiH](C)C.[2H][Si](C)(C)CCCO.[Pt].[W].[W]. The summed E-state index contributed by atoms with van der Waals surface area (Å²) >= 11 is 0. The summed E-state index contributed by atoms with van der Waals surface area (Å²) in [6.07, 6.45) is 2.24. The molecule has 0 saturated carbocycles. The van der Waals surface area contributed by atoms with Crippen molar-refractivity contribution < 1.29 is 73.4 Å². The summed E-state index contributed by atoms with van der Waals surface area (Å²) in [7, 11) is -2.48. The molecule has 0 unspecified atom stereocenters. The summed E-state index contributed by atoms with van der Waals surface area (Å²) in [6, 6.07) is 0.920. The van der Waals surface area contributed by atoms with Crippen LogP contribution in [0.1, 0.15) is 13.8 Å². The molecular formula is C11H32O2PtSi2W2. The first-order valence-electron chi connectivity index (χ1n) is 6.03. The van der Waals surface area contributed by atoms with E-state index in [9.17, 15) is 0 Å². The normalized spacial score (nSPS) is 8.83. The van der Waals surface area contributed by atoms with Crippen molar-refractivity contribution in [3.05, 3.63) is 12.7 Å². The first kappa shape index (κ1) is 32.2. The maximum Gasteiger partial charge on any atom is 0.0609 e. The molecule has 0 amide bonds. The van der Waals surface area contributed by atoms with Gasteiger partial charge in [-0.25, -0.2) is 0 Å². The molecule has 0 aliphatic carbocycles. The van der Waals surface area contributed by atoms with Gasteiger partial charge in [-0.15, -0.1) is 6.58 Å². The van der Waals surface area contributed by atoms with Gasteiger partial charge in [0.1, 0.15) is 0 Å². The Hall–Kier alpha value is 2.16. The molecule has 0 saturated heterocycles. The third-order valence-corrected chi connectivity index (χ3v) is 2.32. The molecule has 0 aromatic heterocycles. The number of hydrogen-bond donors (Lipinski definition) is 2. The van der Waals surface area contributed by atoms with Crippen LogP contribution in [-0.2, 0) is 63.2 Å². The van der Waals surface area contributed by atoms with E-state index in [-0.39, 0.29) is 83.8 Å². The number of aliphatic hydroxyl groups is 2. The molecule has 0 aliphatic rings. The first-order chi connectivity index (χ1) is 7.21. The summed E-state index contributed by atoms with van der Waals surface area (Å²) < 4.78 is 14.2. The van der Waals surface area contributed by atoms with Crippen LogP contribution < -0.4 is 0 Å². The summed E-state index contributed by atoms with van der Waals surface area (Å²) in [6.45, 7) is 11.5. The Bertz CT molecular complexity index is 152. The van der Waals surface area contributed by atoms with Gasteiger partial charge in [0.15, 0.2) is 0 Å². The van der Waals surface area contributed by atoms with Crippen molar-refractivity contribution in [3.63, 3.8) is 0 Å². The summed E-state index contributed by atoms with van der Waals surface area (Å²) in [5.74, 6) is 0.